The van der Waals surface area contributed by atoms with Gasteiger partial charge in [-0.2, -0.15) is 0 Å². The number of nitrogens with zero attached hydrogens (tertiary/aromatic N) is 3. The van der Waals surface area contributed by atoms with Gasteiger partial charge in [0.2, 0.25) is 5.91 Å². The maximum Gasteiger partial charge on any atom is 0.254 e. The predicted molar refractivity (Wildman–Crippen MR) is 114 cm³/mol. The van der Waals surface area contributed by atoms with Gasteiger partial charge in [0.25, 0.3) is 5.91 Å². The molecular weight excluding hydrogens is 364 g/mol. The van der Waals surface area contributed by atoms with E-state index in [1.165, 1.54) is 0 Å². The summed E-state index contributed by atoms with van der Waals surface area (Å²) in [5.41, 5.74) is 3.71. The number of aryl methyl sites for hydroxylation is 1. The maximum absolute atomic E-state index is 13.5. The molecule has 1 unspecified atom stereocenters. The van der Waals surface area contributed by atoms with Crippen LogP contribution < -0.4 is 5.32 Å². The van der Waals surface area contributed by atoms with E-state index in [4.69, 9.17) is 4.98 Å². The normalized spacial score (nSPS) is 21.1. The van der Waals surface area contributed by atoms with Crippen molar-refractivity contribution < 1.29 is 9.59 Å². The van der Waals surface area contributed by atoms with E-state index in [1.807, 2.05) is 36.1 Å². The Kier molecular flexibility index (Phi) is 5.81. The Hall–Kier alpha value is -2.47. The SMILES string of the molecule is CCc1nc2ccccc2c(C(=O)N2CCN(C3CCNC(=O)CC3)CC2)c1C. The van der Waals surface area contributed by atoms with Crippen molar-refractivity contribution in [3.05, 3.63) is 41.1 Å². The van der Waals surface area contributed by atoms with Gasteiger partial charge in [-0.05, 0) is 37.8 Å². The Morgan fingerprint density at radius 3 is 2.69 bits per heavy atom. The minimum absolute atomic E-state index is 0.119. The summed E-state index contributed by atoms with van der Waals surface area (Å²) in [4.78, 5) is 34.3. The molecule has 2 fully saturated rings. The van der Waals surface area contributed by atoms with Crippen LogP contribution in [0, 0.1) is 6.92 Å². The van der Waals surface area contributed by atoms with Crippen LogP contribution in [-0.2, 0) is 11.2 Å². The number of rotatable bonds is 3. The lowest BCUT2D eigenvalue weighted by Crippen LogP contribution is -2.52. The molecule has 0 radical (unpaired) electrons. The summed E-state index contributed by atoms with van der Waals surface area (Å²) < 4.78 is 0. The minimum atomic E-state index is 0.119. The highest BCUT2D eigenvalue weighted by Crippen LogP contribution is 2.26. The number of piperazine rings is 1. The van der Waals surface area contributed by atoms with E-state index in [2.05, 4.69) is 17.1 Å². The van der Waals surface area contributed by atoms with Crippen molar-refractivity contribution in [3.8, 4) is 0 Å². The van der Waals surface area contributed by atoms with Crippen LogP contribution in [0.2, 0.25) is 0 Å². The van der Waals surface area contributed by atoms with Gasteiger partial charge >= 0.3 is 0 Å². The van der Waals surface area contributed by atoms with Crippen LogP contribution in [0.25, 0.3) is 10.9 Å². The summed E-state index contributed by atoms with van der Waals surface area (Å²) >= 11 is 0. The zero-order valence-electron chi connectivity index (χ0n) is 17.4. The standard InChI is InChI=1S/C23H30N4O2/c1-3-19-16(2)22(18-6-4-5-7-20(18)25-19)23(29)27-14-12-26(13-15-27)17-8-9-21(28)24-11-10-17/h4-7,17H,3,8-15H2,1-2H3,(H,24,28). The van der Waals surface area contributed by atoms with Crippen LogP contribution in [0.5, 0.6) is 0 Å². The quantitative estimate of drug-likeness (QED) is 0.869. The van der Waals surface area contributed by atoms with E-state index >= 15 is 0 Å². The molecule has 6 heteroatoms. The van der Waals surface area contributed by atoms with Crippen LogP contribution in [0.1, 0.15) is 47.8 Å². The summed E-state index contributed by atoms with van der Waals surface area (Å²) in [7, 11) is 0. The Bertz CT molecular complexity index is 918. The molecule has 6 nitrogen and oxygen atoms in total. The average molecular weight is 395 g/mol. The Morgan fingerprint density at radius 2 is 1.93 bits per heavy atom. The van der Waals surface area contributed by atoms with Crippen molar-refractivity contribution in [1.82, 2.24) is 20.1 Å². The fourth-order valence-electron chi connectivity index (χ4n) is 4.70. The minimum Gasteiger partial charge on any atom is -0.356 e. The first kappa shape index (κ1) is 19.8. The Balaban J connectivity index is 1.52. The maximum atomic E-state index is 13.5. The number of carbonyl (C=O) groups is 2. The van der Waals surface area contributed by atoms with Crippen LogP contribution >= 0.6 is 0 Å². The number of hydrogen-bond donors (Lipinski definition) is 1. The molecule has 0 saturated carbocycles. The third-order valence-corrected chi connectivity index (χ3v) is 6.41. The van der Waals surface area contributed by atoms with Crippen molar-refractivity contribution in [2.75, 3.05) is 32.7 Å². The molecular formula is C23H30N4O2. The molecule has 2 aromatic rings. The van der Waals surface area contributed by atoms with Gasteiger partial charge in [-0.25, -0.2) is 0 Å². The molecule has 2 aliphatic rings. The number of aromatic nitrogens is 1. The van der Waals surface area contributed by atoms with Crippen molar-refractivity contribution in [3.63, 3.8) is 0 Å². The zero-order chi connectivity index (χ0) is 20.4. The summed E-state index contributed by atoms with van der Waals surface area (Å²) in [5.74, 6) is 0.279. The molecule has 3 heterocycles. The van der Waals surface area contributed by atoms with E-state index in [-0.39, 0.29) is 11.8 Å². The highest BCUT2D eigenvalue weighted by molar-refractivity contribution is 6.07. The Labute approximate surface area is 172 Å². The molecule has 2 saturated heterocycles. The van der Waals surface area contributed by atoms with Gasteiger partial charge in [0.1, 0.15) is 0 Å². The van der Waals surface area contributed by atoms with Crippen LogP contribution in [0.3, 0.4) is 0 Å². The first-order chi connectivity index (χ1) is 14.1. The van der Waals surface area contributed by atoms with Gasteiger partial charge in [0, 0.05) is 56.3 Å². The van der Waals surface area contributed by atoms with Crippen molar-refractivity contribution in [2.24, 2.45) is 0 Å². The van der Waals surface area contributed by atoms with Crippen LogP contribution in [0.4, 0.5) is 0 Å². The first-order valence-electron chi connectivity index (χ1n) is 10.8. The summed E-state index contributed by atoms with van der Waals surface area (Å²) in [6, 6.07) is 8.38. The molecule has 1 aromatic heterocycles. The second-order valence-corrected chi connectivity index (χ2v) is 8.09. The number of carbonyl (C=O) groups excluding carboxylic acids is 2. The topological polar surface area (TPSA) is 65.5 Å². The molecule has 1 aromatic carbocycles. The van der Waals surface area contributed by atoms with E-state index in [0.29, 0.717) is 12.5 Å². The number of hydrogen-bond acceptors (Lipinski definition) is 4. The van der Waals surface area contributed by atoms with Gasteiger partial charge in [-0.1, -0.05) is 25.1 Å². The number of benzene rings is 1. The molecule has 0 aliphatic carbocycles. The summed E-state index contributed by atoms with van der Waals surface area (Å²) in [6.45, 7) is 8.06. The molecule has 0 spiro atoms. The first-order valence-corrected chi connectivity index (χ1v) is 10.8. The van der Waals surface area contributed by atoms with Gasteiger partial charge in [0.05, 0.1) is 11.1 Å². The molecule has 1 N–H and O–H groups in total. The smallest absolute Gasteiger partial charge is 0.254 e. The van der Waals surface area contributed by atoms with Crippen LogP contribution in [0.15, 0.2) is 24.3 Å². The van der Waals surface area contributed by atoms with E-state index < -0.39 is 0 Å². The van der Waals surface area contributed by atoms with E-state index in [1.54, 1.807) is 0 Å². The third-order valence-electron chi connectivity index (χ3n) is 6.41. The molecule has 1 atom stereocenters. The number of amides is 2. The number of pyridine rings is 1. The highest BCUT2D eigenvalue weighted by Gasteiger charge is 2.29. The summed E-state index contributed by atoms with van der Waals surface area (Å²) in [6.07, 6.45) is 3.33. The molecule has 2 amide bonds. The Morgan fingerprint density at radius 1 is 1.17 bits per heavy atom. The van der Waals surface area contributed by atoms with Gasteiger partial charge < -0.3 is 10.2 Å². The molecule has 0 bridgehead atoms. The molecule has 4 rings (SSSR count). The molecule has 2 aliphatic heterocycles. The second-order valence-electron chi connectivity index (χ2n) is 8.09. The predicted octanol–water partition coefficient (Wildman–Crippen LogP) is 2.53. The zero-order valence-corrected chi connectivity index (χ0v) is 17.4. The lowest BCUT2D eigenvalue weighted by atomic mass is 9.98. The number of nitrogens with one attached hydrogen (secondary N) is 1. The van der Waals surface area contributed by atoms with Gasteiger partial charge in [-0.3, -0.25) is 19.5 Å². The number of fused-ring (bicyclic) bond motifs is 1. The monoisotopic (exact) mass is 394 g/mol. The van der Waals surface area contributed by atoms with E-state index in [9.17, 15) is 9.59 Å². The van der Waals surface area contributed by atoms with Crippen molar-refractivity contribution in [2.45, 2.75) is 45.6 Å². The molecule has 154 valence electrons. The van der Waals surface area contributed by atoms with Gasteiger partial charge in [0.15, 0.2) is 0 Å². The second kappa shape index (κ2) is 8.49. The fraction of sp³-hybridized carbons (Fsp3) is 0.522. The highest BCUT2D eigenvalue weighted by atomic mass is 16.2. The lowest BCUT2D eigenvalue weighted by Gasteiger charge is -2.39. The average Bonchev–Trinajstić information content (AvgIpc) is 2.97. The third kappa shape index (κ3) is 3.99. The summed E-state index contributed by atoms with van der Waals surface area (Å²) in [5, 5.41) is 3.91. The van der Waals surface area contributed by atoms with Crippen molar-refractivity contribution >= 4 is 22.7 Å². The van der Waals surface area contributed by atoms with Crippen molar-refractivity contribution in [1.29, 1.82) is 0 Å². The van der Waals surface area contributed by atoms with Crippen LogP contribution in [-0.4, -0.2) is 65.4 Å². The largest absolute Gasteiger partial charge is 0.356 e. The van der Waals surface area contributed by atoms with E-state index in [0.717, 1.165) is 79.7 Å². The molecule has 29 heavy (non-hydrogen) atoms. The number of para-hydroxylation sites is 1. The lowest BCUT2D eigenvalue weighted by molar-refractivity contribution is -0.120. The fourth-order valence-corrected chi connectivity index (χ4v) is 4.70. The van der Waals surface area contributed by atoms with Gasteiger partial charge in [-0.15, -0.1) is 0 Å².